The predicted molar refractivity (Wildman–Crippen MR) is 95.3 cm³/mol. The molecule has 1 aromatic rings. The van der Waals surface area contributed by atoms with Crippen molar-refractivity contribution in [3.8, 4) is 0 Å². The van der Waals surface area contributed by atoms with Gasteiger partial charge in [0.1, 0.15) is 6.61 Å². The minimum Gasteiger partial charge on any atom is -0.409 e. The van der Waals surface area contributed by atoms with E-state index in [0.717, 1.165) is 5.06 Å². The maximum absolute atomic E-state index is 12.3. The van der Waals surface area contributed by atoms with Gasteiger partial charge >= 0.3 is 0 Å². The summed E-state index contributed by atoms with van der Waals surface area (Å²) in [6.45, 7) is 14.8. The van der Waals surface area contributed by atoms with Crippen molar-refractivity contribution in [1.82, 2.24) is 5.06 Å². The summed E-state index contributed by atoms with van der Waals surface area (Å²) in [5.41, 5.74) is 0.162. The van der Waals surface area contributed by atoms with E-state index in [9.17, 15) is 9.59 Å². The van der Waals surface area contributed by atoms with E-state index in [2.05, 4.69) is 33.9 Å². The first-order chi connectivity index (χ1) is 10.9. The second kappa shape index (κ2) is 6.09. The fourth-order valence-corrected chi connectivity index (χ4v) is 4.12. The fourth-order valence-electron chi connectivity index (χ4n) is 2.38. The average molecular weight is 350 g/mol. The molecule has 6 heteroatoms. The maximum Gasteiger partial charge on any atom is 0.285 e. The maximum atomic E-state index is 12.3. The number of carbonyl (C=O) groups excluding carboxylic acids is 2. The molecule has 0 saturated carbocycles. The molecule has 0 unspecified atom stereocenters. The summed E-state index contributed by atoms with van der Waals surface area (Å²) in [7, 11) is -1.98. The Labute approximate surface area is 145 Å². The molecule has 0 N–H and O–H groups in total. The van der Waals surface area contributed by atoms with Crippen LogP contribution >= 0.6 is 0 Å². The standard InChI is InChI=1S/C18H27NO4Si/c1-17(2,3)24(6,7)23-18(4,5)12-22-19-15(20)13-10-8-9-11-14(13)16(19)21/h8-11H,12H2,1-7H3. The monoisotopic (exact) mass is 349 g/mol. The molecule has 24 heavy (non-hydrogen) atoms. The molecule has 0 radical (unpaired) electrons. The molecule has 2 rings (SSSR count). The number of fused-ring (bicyclic) bond motifs is 1. The van der Waals surface area contributed by atoms with Crippen LogP contribution in [0.3, 0.4) is 0 Å². The van der Waals surface area contributed by atoms with Crippen LogP contribution in [-0.2, 0) is 9.26 Å². The Morgan fingerprint density at radius 3 is 1.83 bits per heavy atom. The molecule has 0 saturated heterocycles. The zero-order chi connectivity index (χ0) is 18.3. The van der Waals surface area contributed by atoms with E-state index < -0.39 is 25.7 Å². The van der Waals surface area contributed by atoms with E-state index in [-0.39, 0.29) is 11.6 Å². The normalized spacial score (nSPS) is 15.9. The first kappa shape index (κ1) is 18.8. The van der Waals surface area contributed by atoms with Crippen molar-refractivity contribution in [3.05, 3.63) is 35.4 Å². The van der Waals surface area contributed by atoms with Gasteiger partial charge in [-0.2, -0.15) is 0 Å². The molecule has 132 valence electrons. The minimum atomic E-state index is -1.98. The minimum absolute atomic E-state index is 0.0692. The van der Waals surface area contributed by atoms with E-state index in [1.807, 2.05) is 13.8 Å². The van der Waals surface area contributed by atoms with Gasteiger partial charge in [0.25, 0.3) is 11.8 Å². The van der Waals surface area contributed by atoms with Crippen LogP contribution in [0.15, 0.2) is 24.3 Å². The van der Waals surface area contributed by atoms with E-state index in [0.29, 0.717) is 11.1 Å². The zero-order valence-corrected chi connectivity index (χ0v) is 16.6. The number of hydrogen-bond donors (Lipinski definition) is 0. The molecule has 1 aromatic carbocycles. The average Bonchev–Trinajstić information content (AvgIpc) is 2.67. The Morgan fingerprint density at radius 2 is 1.42 bits per heavy atom. The molecule has 0 bridgehead atoms. The lowest BCUT2D eigenvalue weighted by Gasteiger charge is -2.42. The molecule has 2 amide bonds. The summed E-state index contributed by atoms with van der Waals surface area (Å²) in [6.07, 6.45) is 0. The largest absolute Gasteiger partial charge is 0.409 e. The molecule has 1 aliphatic heterocycles. The molecular weight excluding hydrogens is 322 g/mol. The van der Waals surface area contributed by atoms with E-state index >= 15 is 0 Å². The number of hydrogen-bond acceptors (Lipinski definition) is 4. The van der Waals surface area contributed by atoms with Gasteiger partial charge < -0.3 is 4.43 Å². The van der Waals surface area contributed by atoms with Gasteiger partial charge in [-0.25, -0.2) is 0 Å². The first-order valence-corrected chi connectivity index (χ1v) is 11.1. The van der Waals surface area contributed by atoms with Gasteiger partial charge in [-0.15, -0.1) is 5.06 Å². The fraction of sp³-hybridized carbons (Fsp3) is 0.556. The van der Waals surface area contributed by atoms with Crippen LogP contribution in [0.5, 0.6) is 0 Å². The highest BCUT2D eigenvalue weighted by Gasteiger charge is 2.43. The summed E-state index contributed by atoms with van der Waals surface area (Å²) in [5.74, 6) is -0.836. The highest BCUT2D eigenvalue weighted by atomic mass is 28.4. The Morgan fingerprint density at radius 1 is 0.958 bits per heavy atom. The molecule has 5 nitrogen and oxygen atoms in total. The summed E-state index contributed by atoms with van der Waals surface area (Å²) in [5, 5.41) is 0.918. The Hall–Kier alpha value is -1.50. The molecule has 0 fully saturated rings. The molecule has 0 aliphatic carbocycles. The number of hydroxylamine groups is 2. The number of benzene rings is 1. The number of nitrogens with zero attached hydrogens (tertiary/aromatic N) is 1. The smallest absolute Gasteiger partial charge is 0.285 e. The van der Waals surface area contributed by atoms with Crippen LogP contribution in [0.1, 0.15) is 55.3 Å². The first-order valence-electron chi connectivity index (χ1n) is 8.17. The van der Waals surface area contributed by atoms with Crippen LogP contribution in [-0.4, -0.2) is 37.4 Å². The van der Waals surface area contributed by atoms with E-state index in [1.165, 1.54) is 0 Å². The third kappa shape index (κ3) is 3.60. The van der Waals surface area contributed by atoms with Crippen molar-refractivity contribution in [3.63, 3.8) is 0 Å². The van der Waals surface area contributed by atoms with Crippen LogP contribution in [0.4, 0.5) is 0 Å². The second-order valence-corrected chi connectivity index (χ2v) is 13.1. The quantitative estimate of drug-likeness (QED) is 0.595. The van der Waals surface area contributed by atoms with Gasteiger partial charge in [-0.1, -0.05) is 32.9 Å². The van der Waals surface area contributed by atoms with Crippen molar-refractivity contribution in [2.75, 3.05) is 6.61 Å². The number of carbonyl (C=O) groups is 2. The third-order valence-electron chi connectivity index (χ3n) is 4.64. The van der Waals surface area contributed by atoms with Gasteiger partial charge in [-0.3, -0.25) is 14.4 Å². The molecule has 0 spiro atoms. The molecule has 0 atom stereocenters. The Bertz CT molecular complexity index is 626. The van der Waals surface area contributed by atoms with Gasteiger partial charge in [0.15, 0.2) is 8.32 Å². The topological polar surface area (TPSA) is 55.8 Å². The lowest BCUT2D eigenvalue weighted by molar-refractivity contribution is -0.132. The van der Waals surface area contributed by atoms with Crippen molar-refractivity contribution < 1.29 is 18.9 Å². The summed E-state index contributed by atoms with van der Waals surface area (Å²) >= 11 is 0. The number of rotatable bonds is 5. The van der Waals surface area contributed by atoms with Crippen molar-refractivity contribution in [2.24, 2.45) is 0 Å². The van der Waals surface area contributed by atoms with Crippen molar-refractivity contribution >= 4 is 20.1 Å². The summed E-state index contributed by atoms with van der Waals surface area (Å²) in [4.78, 5) is 30.2. The van der Waals surface area contributed by atoms with Crippen LogP contribution in [0, 0.1) is 0 Å². The van der Waals surface area contributed by atoms with Gasteiger partial charge in [0, 0.05) is 0 Å². The Balaban J connectivity index is 2.06. The van der Waals surface area contributed by atoms with Gasteiger partial charge in [0.2, 0.25) is 0 Å². The molecule has 1 heterocycles. The number of imide groups is 1. The van der Waals surface area contributed by atoms with Crippen LogP contribution in [0.2, 0.25) is 18.1 Å². The van der Waals surface area contributed by atoms with Crippen LogP contribution in [0.25, 0.3) is 0 Å². The predicted octanol–water partition coefficient (Wildman–Crippen LogP) is 4.01. The van der Waals surface area contributed by atoms with Gasteiger partial charge in [0.05, 0.1) is 16.7 Å². The lowest BCUT2D eigenvalue weighted by atomic mass is 10.1. The van der Waals surface area contributed by atoms with E-state index in [4.69, 9.17) is 9.26 Å². The highest BCUT2D eigenvalue weighted by molar-refractivity contribution is 6.74. The third-order valence-corrected chi connectivity index (χ3v) is 9.31. The second-order valence-electron chi connectivity index (χ2n) is 8.35. The number of amides is 2. The highest BCUT2D eigenvalue weighted by Crippen LogP contribution is 2.39. The Kier molecular flexibility index (Phi) is 4.78. The van der Waals surface area contributed by atoms with Crippen molar-refractivity contribution in [2.45, 2.75) is 58.4 Å². The SMILES string of the molecule is CC(C)(CON1C(=O)c2ccccc2C1=O)O[Si](C)(C)C(C)(C)C. The van der Waals surface area contributed by atoms with E-state index in [1.54, 1.807) is 24.3 Å². The van der Waals surface area contributed by atoms with Gasteiger partial charge in [-0.05, 0) is 44.1 Å². The summed E-state index contributed by atoms with van der Waals surface area (Å²) < 4.78 is 6.36. The summed E-state index contributed by atoms with van der Waals surface area (Å²) in [6, 6.07) is 6.74. The molecule has 1 aliphatic rings. The lowest BCUT2D eigenvalue weighted by Crippen LogP contribution is -2.50. The molecular formula is C18H27NO4Si. The van der Waals surface area contributed by atoms with Crippen LogP contribution < -0.4 is 0 Å². The molecule has 0 aromatic heterocycles. The van der Waals surface area contributed by atoms with Crippen molar-refractivity contribution in [1.29, 1.82) is 0 Å². The zero-order valence-electron chi connectivity index (χ0n) is 15.6.